The zero-order valence-electron chi connectivity index (χ0n) is 90.1. The summed E-state index contributed by atoms with van der Waals surface area (Å²) in [7, 11) is 0. The van der Waals surface area contributed by atoms with Crippen molar-refractivity contribution in [2.24, 2.45) is 0 Å². The van der Waals surface area contributed by atoms with Crippen LogP contribution in [0.15, 0.2) is 459 Å². The summed E-state index contributed by atoms with van der Waals surface area (Å²) in [5.41, 5.74) is 11.4. The normalized spacial score (nSPS) is 11.8. The van der Waals surface area contributed by atoms with Gasteiger partial charge in [0.25, 0.3) is 0 Å². The Bertz CT molecular complexity index is 4980. The molecule has 0 radical (unpaired) electrons. The minimum Gasteiger partial charge on any atom is -0.494 e. The number of rotatable bonds is 81. The largest absolute Gasteiger partial charge is 0.494 e. The van der Waals surface area contributed by atoms with Gasteiger partial charge in [0.05, 0.1) is 51.0 Å². The molecule has 10 nitrogen and oxygen atoms in total. The highest BCUT2D eigenvalue weighted by atomic mass is 16.5. The Kier molecular flexibility index (Phi) is 48.4. The van der Waals surface area contributed by atoms with E-state index in [-0.39, 0.29) is 43.3 Å². The second kappa shape index (κ2) is 61.7. The lowest BCUT2D eigenvalue weighted by Gasteiger charge is -2.35. The van der Waals surface area contributed by atoms with Gasteiger partial charge in [0, 0.05) is 44.9 Å². The van der Waals surface area contributed by atoms with Gasteiger partial charge in [-0.25, -0.2) is 0 Å². The van der Waals surface area contributed by atoms with Crippen molar-refractivity contribution in [3.8, 4) is 57.4 Å². The molecule has 0 spiro atoms. The summed E-state index contributed by atoms with van der Waals surface area (Å²) in [4.78, 5) is 9.76. The first-order valence-electron chi connectivity index (χ1n) is 54.0. The first kappa shape index (κ1) is 118. The lowest BCUT2D eigenvalue weighted by Crippen LogP contribution is -2.29. The molecule has 0 aliphatic rings. The van der Waals surface area contributed by atoms with Crippen LogP contribution >= 0.6 is 0 Å². The van der Waals surface area contributed by atoms with Gasteiger partial charge in [0.1, 0.15) is 59.2 Å². The third-order valence-corrected chi connectivity index (χ3v) is 30.5. The van der Waals surface area contributed by atoms with Gasteiger partial charge < -0.3 is 37.9 Å². The Morgan fingerprint density at radius 3 is 0.440 bits per heavy atom. The first-order chi connectivity index (χ1) is 73.3. The van der Waals surface area contributed by atoms with E-state index in [1.54, 1.807) is 0 Å². The summed E-state index contributed by atoms with van der Waals surface area (Å²) >= 11 is 0. The van der Waals surface area contributed by atoms with Crippen LogP contribution in [-0.2, 0) is 56.5 Å². The predicted molar refractivity (Wildman–Crippen MR) is 636 cm³/mol. The van der Waals surface area contributed by atoms with Gasteiger partial charge in [-0.2, -0.15) is 0 Å². The maximum atomic E-state index is 6.75. The van der Waals surface area contributed by atoms with Crippen molar-refractivity contribution in [2.45, 2.75) is 249 Å². The zero-order chi connectivity index (χ0) is 107. The van der Waals surface area contributed by atoms with Crippen LogP contribution in [0.2, 0.25) is 0 Å². The molecule has 0 bridgehead atoms. The second-order valence-corrected chi connectivity index (χ2v) is 40.7. The van der Waals surface area contributed by atoms with Gasteiger partial charge in [-0.05, 0) is 380 Å². The van der Waals surface area contributed by atoms with Gasteiger partial charge >= 0.3 is 0 Å². The van der Waals surface area contributed by atoms with Gasteiger partial charge in [-0.3, -0.25) is 9.97 Å². The number of pyridine rings is 2. The topological polar surface area (TPSA) is 99.6 Å². The van der Waals surface area contributed by atoms with Crippen LogP contribution in [0.5, 0.6) is 46.0 Å². The number of hydrogen-bond donors (Lipinski definition) is 0. The maximum absolute atomic E-state index is 6.75. The van der Waals surface area contributed by atoms with Crippen LogP contribution in [0.25, 0.3) is 11.4 Å². The van der Waals surface area contributed by atoms with Crippen LogP contribution in [0.4, 0.5) is 0 Å². The number of benzene rings is 8. The number of nitrogens with zero attached hydrogens (tertiary/aromatic N) is 2. The van der Waals surface area contributed by atoms with E-state index in [1.807, 2.05) is 134 Å². The molecular weight excluding hydrogens is 1840 g/mol. The Hall–Kier alpha value is -14.2. The Labute approximate surface area is 902 Å². The molecule has 0 atom stereocenters. The van der Waals surface area contributed by atoms with E-state index < -0.39 is 0 Å². The molecule has 0 N–H and O–H groups in total. The fourth-order valence-electron chi connectivity index (χ4n) is 22.8. The molecule has 0 aliphatic carbocycles. The van der Waals surface area contributed by atoms with Crippen LogP contribution in [0.1, 0.15) is 248 Å². The van der Waals surface area contributed by atoms with E-state index in [9.17, 15) is 0 Å². The maximum Gasteiger partial charge on any atom is 0.119 e. The zero-order valence-corrected chi connectivity index (χ0v) is 90.1. The van der Waals surface area contributed by atoms with Crippen LogP contribution in [-0.4, -0.2) is 49.6 Å². The van der Waals surface area contributed by atoms with E-state index in [2.05, 4.69) is 325 Å². The van der Waals surface area contributed by atoms with Gasteiger partial charge in [0.2, 0.25) is 0 Å². The van der Waals surface area contributed by atoms with E-state index >= 15 is 0 Å². The van der Waals surface area contributed by atoms with E-state index in [4.69, 9.17) is 47.9 Å². The summed E-state index contributed by atoms with van der Waals surface area (Å²) in [6.45, 7) is 78.0. The molecule has 0 unspecified atom stereocenters. The number of allylic oxidation sites excluding steroid dienone is 18. The van der Waals surface area contributed by atoms with Crippen molar-refractivity contribution in [1.82, 2.24) is 9.97 Å². The van der Waals surface area contributed by atoms with Gasteiger partial charge in [-0.15, -0.1) is 118 Å². The van der Waals surface area contributed by atoms with Crippen molar-refractivity contribution in [3.05, 3.63) is 514 Å². The minimum absolute atomic E-state index is 0.172. The summed E-state index contributed by atoms with van der Waals surface area (Å²) in [6, 6.07) is 77.2. The molecule has 8 aromatic carbocycles. The smallest absolute Gasteiger partial charge is 0.119 e. The summed E-state index contributed by atoms with van der Waals surface area (Å²) in [6.07, 6.45) is 63.9. The molecule has 0 saturated carbocycles. The lowest BCUT2D eigenvalue weighted by molar-refractivity contribution is 0.220. The van der Waals surface area contributed by atoms with Crippen molar-refractivity contribution >= 4 is 0 Å². The molecule has 786 valence electrons. The number of aromatic nitrogens is 2. The molecule has 0 fully saturated rings. The third kappa shape index (κ3) is 32.9. The van der Waals surface area contributed by atoms with Crippen molar-refractivity contribution in [3.63, 3.8) is 0 Å². The molecule has 2 aromatic heterocycles. The highest BCUT2D eigenvalue weighted by Crippen LogP contribution is 2.48. The van der Waals surface area contributed by atoms with Gasteiger partial charge in [-0.1, -0.05) is 206 Å². The SMILES string of the molecule is C=CCC(CC=C)(CC=C)c1ccc(OCCCC(CCCOc2ccc(C(CC=C)(CC=C)CC=C)cc2)(CCCOc2ccc(C(CC=C)(CC=C)CC=C)cc2)c2ccc(OCc3ccnc(-c4cc(COc5ccc(C(CCCOc6ccc(C(CC=C)(CC=C)CC=C)cc6)(CCCOc6ccc(C(CC=C)(CC=C)CC=C)cc6)CCCOc6ccc(C(CC=C)(CC=C)CC=C)cc6)cc5)ccn4)c3)cc2)cc1. The average molecular weight is 2010 g/mol. The molecule has 0 saturated heterocycles. The van der Waals surface area contributed by atoms with Crippen LogP contribution in [0, 0.1) is 0 Å². The number of ether oxygens (including phenoxy) is 8. The molecule has 10 rings (SSSR count). The average Bonchev–Trinajstić information content (AvgIpc) is 0.791. The van der Waals surface area contributed by atoms with Crippen LogP contribution < -0.4 is 37.9 Å². The molecule has 10 aromatic rings. The number of hydrogen-bond acceptors (Lipinski definition) is 10. The Morgan fingerprint density at radius 2 is 0.300 bits per heavy atom. The molecular formula is C140H168N2O8. The third-order valence-electron chi connectivity index (χ3n) is 30.5. The van der Waals surface area contributed by atoms with Crippen molar-refractivity contribution in [2.75, 3.05) is 39.6 Å². The van der Waals surface area contributed by atoms with E-state index in [0.717, 1.165) is 261 Å². The quantitative estimate of drug-likeness (QED) is 0.0271. The fraction of sp³-hybridized carbons (Fsp3) is 0.329. The molecule has 0 amide bonds. The second-order valence-electron chi connectivity index (χ2n) is 40.7. The minimum atomic E-state index is -0.322. The molecule has 150 heavy (non-hydrogen) atoms. The molecule has 2 heterocycles. The van der Waals surface area contributed by atoms with Gasteiger partial charge in [0.15, 0.2) is 0 Å². The first-order valence-corrected chi connectivity index (χ1v) is 54.0. The van der Waals surface area contributed by atoms with Crippen LogP contribution in [0.3, 0.4) is 0 Å². The summed E-state index contributed by atoms with van der Waals surface area (Å²) in [5, 5.41) is 0. The highest BCUT2D eigenvalue weighted by molar-refractivity contribution is 5.56. The monoisotopic (exact) mass is 2010 g/mol. The van der Waals surface area contributed by atoms with E-state index in [1.165, 1.54) is 44.5 Å². The predicted octanol–water partition coefficient (Wildman–Crippen LogP) is 36.7. The standard InChI is InChI=1S/C140H168N2O8/c1-19-77-133(78-20-2,79-21-3)115-43-59-123(60-44-115)143-103-37-95-139(96-38-104-144-124-61-45-116(46-62-124)134(80-22-4,81-23-5)82-24-6,97-39-105-145-125-63-47-117(48-64-125)135(83-25-7,84-26-8)85-27-9)121-55-71-129(72-56-121)149-111-113-75-101-141-131(109-113)132-110-114(76-102-142-132)112-150-130-73-57-122(58-74-130)140(98-40-106-146-126-65-49-118(50-66-126)136(86-28-10,87-29-11)88-30-12,99-41-107-147-127-67-51-119(52-68-127)137(89-31-13,90-32-14)91-33-15)100-42-108-148-128-69-53-120(54-70-128)138(92-34-16,93-35-17)94-36-18/h19-36,43-76,101-102,109-110H,1-18,37-42,77-100,103-108,111-112H2. The van der Waals surface area contributed by atoms with Crippen molar-refractivity contribution in [1.29, 1.82) is 0 Å². The fourth-order valence-corrected chi connectivity index (χ4v) is 22.8. The Morgan fingerprint density at radius 1 is 0.167 bits per heavy atom. The molecule has 0 aliphatic heterocycles. The Balaban J connectivity index is 0.896. The molecule has 10 heteroatoms. The lowest BCUT2D eigenvalue weighted by atomic mass is 9.70. The van der Waals surface area contributed by atoms with Crippen molar-refractivity contribution < 1.29 is 37.9 Å². The summed E-state index contributed by atoms with van der Waals surface area (Å²) < 4.78 is 53.7. The van der Waals surface area contributed by atoms with E-state index in [0.29, 0.717) is 52.9 Å². The summed E-state index contributed by atoms with van der Waals surface area (Å²) in [5.74, 6) is 6.46. The highest BCUT2D eigenvalue weighted by Gasteiger charge is 2.38.